The van der Waals surface area contributed by atoms with Gasteiger partial charge in [-0.05, 0) is 37.0 Å². The average Bonchev–Trinajstić information content (AvgIpc) is 2.81. The highest BCUT2D eigenvalue weighted by molar-refractivity contribution is 5.76. The van der Waals surface area contributed by atoms with Crippen molar-refractivity contribution in [2.24, 2.45) is 0 Å². The summed E-state index contributed by atoms with van der Waals surface area (Å²) in [6.07, 6.45) is 3.50. The maximum atomic E-state index is 12.6. The Bertz CT molecular complexity index is 1090. The van der Waals surface area contributed by atoms with E-state index in [4.69, 9.17) is 0 Å². The van der Waals surface area contributed by atoms with E-state index in [1.165, 1.54) is 17.0 Å². The van der Waals surface area contributed by atoms with Gasteiger partial charge in [0.25, 0.3) is 5.56 Å². The van der Waals surface area contributed by atoms with Crippen molar-refractivity contribution < 1.29 is 9.90 Å². The Morgan fingerprint density at radius 1 is 1.03 bits per heavy atom. The molecule has 0 aliphatic carbocycles. The van der Waals surface area contributed by atoms with Crippen molar-refractivity contribution in [1.29, 1.82) is 0 Å². The van der Waals surface area contributed by atoms with Crippen LogP contribution in [0.3, 0.4) is 0 Å². The SMILES string of the molecule is O=C(CCc1ccccc1)N1CCC(O)(Cn2cnc(Nc3ccccc3)cc2=O)CC1. The second-order valence-electron chi connectivity index (χ2n) is 8.32. The predicted molar refractivity (Wildman–Crippen MR) is 124 cm³/mol. The number of piperidine rings is 1. The number of nitrogens with one attached hydrogen (secondary N) is 1. The number of amides is 1. The molecule has 7 heteroatoms. The van der Waals surface area contributed by atoms with E-state index in [1.807, 2.05) is 65.6 Å². The number of hydrogen-bond donors (Lipinski definition) is 2. The van der Waals surface area contributed by atoms with E-state index in [0.717, 1.165) is 11.3 Å². The maximum absolute atomic E-state index is 12.6. The van der Waals surface area contributed by atoms with E-state index in [-0.39, 0.29) is 18.0 Å². The van der Waals surface area contributed by atoms with E-state index in [2.05, 4.69) is 10.3 Å². The van der Waals surface area contributed by atoms with Crippen molar-refractivity contribution in [2.75, 3.05) is 18.4 Å². The number of carbonyl (C=O) groups is 1. The van der Waals surface area contributed by atoms with Crippen LogP contribution in [0.2, 0.25) is 0 Å². The lowest BCUT2D eigenvalue weighted by molar-refractivity contribution is -0.135. The first-order valence-corrected chi connectivity index (χ1v) is 10.9. The van der Waals surface area contributed by atoms with Gasteiger partial charge in [0.15, 0.2) is 0 Å². The van der Waals surface area contributed by atoms with Crippen LogP contribution < -0.4 is 10.9 Å². The lowest BCUT2D eigenvalue weighted by Crippen LogP contribution is -2.49. The maximum Gasteiger partial charge on any atom is 0.255 e. The Morgan fingerprint density at radius 3 is 2.34 bits per heavy atom. The molecule has 1 aromatic heterocycles. The van der Waals surface area contributed by atoms with Gasteiger partial charge in [-0.1, -0.05) is 48.5 Å². The number of para-hydroxylation sites is 1. The molecular formula is C25H28N4O3. The summed E-state index contributed by atoms with van der Waals surface area (Å²) >= 11 is 0. The lowest BCUT2D eigenvalue weighted by Gasteiger charge is -2.38. The third-order valence-corrected chi connectivity index (χ3v) is 5.91. The fourth-order valence-electron chi connectivity index (χ4n) is 3.98. The van der Waals surface area contributed by atoms with Crippen LogP contribution in [0.4, 0.5) is 11.5 Å². The van der Waals surface area contributed by atoms with Gasteiger partial charge in [0.05, 0.1) is 18.5 Å². The van der Waals surface area contributed by atoms with Crippen molar-refractivity contribution >= 4 is 17.4 Å². The summed E-state index contributed by atoms with van der Waals surface area (Å²) in [5, 5.41) is 14.1. The first kappa shape index (κ1) is 21.8. The van der Waals surface area contributed by atoms with Crippen molar-refractivity contribution in [2.45, 2.75) is 37.8 Å². The van der Waals surface area contributed by atoms with Crippen LogP contribution in [0.25, 0.3) is 0 Å². The van der Waals surface area contributed by atoms with Gasteiger partial charge < -0.3 is 15.3 Å². The average molecular weight is 433 g/mol. The first-order chi connectivity index (χ1) is 15.5. The van der Waals surface area contributed by atoms with Gasteiger partial charge in [-0.25, -0.2) is 4.98 Å². The highest BCUT2D eigenvalue weighted by Crippen LogP contribution is 2.24. The Balaban J connectivity index is 1.30. The Labute approximate surface area is 187 Å². The van der Waals surface area contributed by atoms with E-state index < -0.39 is 5.60 Å². The molecule has 7 nitrogen and oxygen atoms in total. The molecular weight excluding hydrogens is 404 g/mol. The Morgan fingerprint density at radius 2 is 1.69 bits per heavy atom. The normalized spacial score (nSPS) is 15.3. The van der Waals surface area contributed by atoms with Gasteiger partial charge in [-0.2, -0.15) is 0 Å². The number of aromatic nitrogens is 2. The van der Waals surface area contributed by atoms with E-state index in [9.17, 15) is 14.7 Å². The molecule has 0 atom stereocenters. The highest BCUT2D eigenvalue weighted by atomic mass is 16.3. The van der Waals surface area contributed by atoms with E-state index in [1.54, 1.807) is 0 Å². The minimum atomic E-state index is -1.03. The molecule has 1 fully saturated rings. The Kier molecular flexibility index (Phi) is 6.66. The number of benzene rings is 2. The fraction of sp³-hybridized carbons (Fsp3) is 0.320. The summed E-state index contributed by atoms with van der Waals surface area (Å²) in [5.41, 5.74) is 0.732. The predicted octanol–water partition coefficient (Wildman–Crippen LogP) is 2.97. The number of anilines is 2. The quantitative estimate of drug-likeness (QED) is 0.599. The van der Waals surface area contributed by atoms with Crippen LogP contribution in [-0.4, -0.2) is 44.2 Å². The topological polar surface area (TPSA) is 87.5 Å². The molecule has 1 aliphatic heterocycles. The molecule has 3 aromatic rings. The molecule has 4 rings (SSSR count). The number of hydrogen-bond acceptors (Lipinski definition) is 5. The van der Waals surface area contributed by atoms with Crippen LogP contribution in [0, 0.1) is 0 Å². The largest absolute Gasteiger partial charge is 0.388 e. The van der Waals surface area contributed by atoms with E-state index in [0.29, 0.717) is 44.6 Å². The molecule has 0 unspecified atom stereocenters. The molecule has 0 spiro atoms. The molecule has 0 radical (unpaired) electrons. The second kappa shape index (κ2) is 9.78. The minimum Gasteiger partial charge on any atom is -0.388 e. The molecule has 2 aromatic carbocycles. The summed E-state index contributed by atoms with van der Waals surface area (Å²) in [6.45, 7) is 1.14. The van der Waals surface area contributed by atoms with Crippen LogP contribution in [0.1, 0.15) is 24.8 Å². The lowest BCUT2D eigenvalue weighted by atomic mass is 9.91. The van der Waals surface area contributed by atoms with Gasteiger partial charge in [-0.15, -0.1) is 0 Å². The summed E-state index contributed by atoms with van der Waals surface area (Å²) in [4.78, 5) is 31.2. The number of likely N-dealkylation sites (tertiary alicyclic amines) is 1. The number of aliphatic hydroxyl groups is 1. The van der Waals surface area contributed by atoms with Gasteiger partial charge >= 0.3 is 0 Å². The summed E-state index contributed by atoms with van der Waals surface area (Å²) in [5.74, 6) is 0.564. The van der Waals surface area contributed by atoms with Crippen LogP contribution >= 0.6 is 0 Å². The number of carbonyl (C=O) groups excluding carboxylic acids is 1. The zero-order chi connectivity index (χ0) is 22.4. The third-order valence-electron chi connectivity index (χ3n) is 5.91. The minimum absolute atomic E-state index is 0.103. The van der Waals surface area contributed by atoms with Gasteiger partial charge in [0.2, 0.25) is 5.91 Å². The van der Waals surface area contributed by atoms with Crippen LogP contribution in [0.5, 0.6) is 0 Å². The first-order valence-electron chi connectivity index (χ1n) is 10.9. The van der Waals surface area contributed by atoms with Crippen molar-refractivity contribution in [3.8, 4) is 0 Å². The summed E-state index contributed by atoms with van der Waals surface area (Å²) in [7, 11) is 0. The number of aryl methyl sites for hydroxylation is 1. The monoisotopic (exact) mass is 432 g/mol. The zero-order valence-corrected chi connectivity index (χ0v) is 18.0. The molecule has 0 bridgehead atoms. The van der Waals surface area contributed by atoms with Crippen molar-refractivity contribution in [3.05, 3.63) is 89.0 Å². The third kappa shape index (κ3) is 5.62. The molecule has 166 valence electrons. The van der Waals surface area contributed by atoms with Crippen molar-refractivity contribution in [3.63, 3.8) is 0 Å². The van der Waals surface area contributed by atoms with Gasteiger partial charge in [0.1, 0.15) is 5.82 Å². The standard InChI is InChI=1S/C25H28N4O3/c30-23(12-11-20-7-3-1-4-8-20)28-15-13-25(32,14-16-28)18-29-19-26-22(17-24(29)31)27-21-9-5-2-6-10-21/h1-10,17,19,27,32H,11-16,18H2. The van der Waals surface area contributed by atoms with Crippen LogP contribution in [-0.2, 0) is 17.8 Å². The van der Waals surface area contributed by atoms with Gasteiger partial charge in [0, 0.05) is 31.3 Å². The molecule has 2 heterocycles. The van der Waals surface area contributed by atoms with Crippen molar-refractivity contribution in [1.82, 2.24) is 14.5 Å². The Hall–Kier alpha value is -3.45. The molecule has 2 N–H and O–H groups in total. The number of rotatable bonds is 7. The summed E-state index contributed by atoms with van der Waals surface area (Å²) in [6, 6.07) is 20.9. The van der Waals surface area contributed by atoms with Crippen LogP contribution in [0.15, 0.2) is 77.9 Å². The zero-order valence-electron chi connectivity index (χ0n) is 18.0. The molecule has 1 saturated heterocycles. The highest BCUT2D eigenvalue weighted by Gasteiger charge is 2.34. The molecule has 1 amide bonds. The molecule has 1 aliphatic rings. The smallest absolute Gasteiger partial charge is 0.255 e. The molecule has 0 saturated carbocycles. The van der Waals surface area contributed by atoms with E-state index >= 15 is 0 Å². The fourth-order valence-corrected chi connectivity index (χ4v) is 3.98. The molecule has 32 heavy (non-hydrogen) atoms. The number of nitrogens with zero attached hydrogens (tertiary/aromatic N) is 3. The second-order valence-corrected chi connectivity index (χ2v) is 8.32. The van der Waals surface area contributed by atoms with Gasteiger partial charge in [-0.3, -0.25) is 14.2 Å². The summed E-state index contributed by atoms with van der Waals surface area (Å²) < 4.78 is 1.43.